The maximum atomic E-state index is 13.3. The van der Waals surface area contributed by atoms with Crippen LogP contribution in [0.4, 0.5) is 19.0 Å². The van der Waals surface area contributed by atoms with Gasteiger partial charge in [0.25, 0.3) is 0 Å². The largest absolute Gasteiger partial charge is 0.451 e. The molecule has 2 aromatic rings. The maximum Gasteiger partial charge on any atom is 0.451 e. The molecule has 130 valence electrons. The fourth-order valence-corrected chi connectivity index (χ4v) is 3.77. The molecule has 0 amide bonds. The van der Waals surface area contributed by atoms with Gasteiger partial charge in [0.05, 0.1) is 5.52 Å². The number of aryl methyl sites for hydroxylation is 2. The summed E-state index contributed by atoms with van der Waals surface area (Å²) in [6.45, 7) is 9.45. The molecule has 0 saturated carbocycles. The molecule has 3 rings (SSSR count). The van der Waals surface area contributed by atoms with Crippen LogP contribution in [-0.4, -0.2) is 23.1 Å². The van der Waals surface area contributed by atoms with Crippen molar-refractivity contribution in [3.8, 4) is 0 Å². The van der Waals surface area contributed by atoms with E-state index in [4.69, 9.17) is 0 Å². The summed E-state index contributed by atoms with van der Waals surface area (Å²) in [7, 11) is 0. The molecule has 0 bridgehead atoms. The Morgan fingerprint density at radius 3 is 2.25 bits per heavy atom. The molecule has 1 aliphatic heterocycles. The molecule has 0 unspecified atom stereocenters. The number of benzene rings is 1. The normalized spacial score (nSPS) is 22.2. The first-order valence-corrected chi connectivity index (χ1v) is 8.26. The summed E-state index contributed by atoms with van der Waals surface area (Å²) in [5, 5.41) is 0.710. The molecule has 1 fully saturated rings. The van der Waals surface area contributed by atoms with E-state index < -0.39 is 12.0 Å². The molecular weight excluding hydrogens is 315 g/mol. The van der Waals surface area contributed by atoms with Gasteiger partial charge in [0, 0.05) is 18.5 Å². The minimum absolute atomic E-state index is 0.392. The molecule has 0 aliphatic carbocycles. The number of fused-ring (bicyclic) bond motifs is 1. The Morgan fingerprint density at radius 2 is 1.67 bits per heavy atom. The van der Waals surface area contributed by atoms with Crippen LogP contribution in [0.15, 0.2) is 12.1 Å². The Morgan fingerprint density at radius 1 is 1.04 bits per heavy atom. The first-order chi connectivity index (χ1) is 11.1. The van der Waals surface area contributed by atoms with Gasteiger partial charge < -0.3 is 4.90 Å². The van der Waals surface area contributed by atoms with E-state index >= 15 is 0 Å². The number of anilines is 1. The van der Waals surface area contributed by atoms with Crippen molar-refractivity contribution < 1.29 is 13.2 Å². The van der Waals surface area contributed by atoms with Crippen LogP contribution in [0.3, 0.4) is 0 Å². The first kappa shape index (κ1) is 17.0. The van der Waals surface area contributed by atoms with Gasteiger partial charge >= 0.3 is 6.18 Å². The molecular formula is C18H22F3N3. The third kappa shape index (κ3) is 3.19. The molecule has 24 heavy (non-hydrogen) atoms. The van der Waals surface area contributed by atoms with E-state index in [0.29, 0.717) is 28.6 Å². The number of piperidine rings is 1. The van der Waals surface area contributed by atoms with Gasteiger partial charge in [-0.15, -0.1) is 0 Å². The Hall–Kier alpha value is -1.85. The summed E-state index contributed by atoms with van der Waals surface area (Å²) in [5.41, 5.74) is 2.14. The lowest BCUT2D eigenvalue weighted by molar-refractivity contribution is -0.144. The lowest BCUT2D eigenvalue weighted by Crippen LogP contribution is -2.39. The topological polar surface area (TPSA) is 29.0 Å². The predicted molar refractivity (Wildman–Crippen MR) is 89.2 cm³/mol. The molecule has 0 radical (unpaired) electrons. The minimum atomic E-state index is -4.55. The smallest absolute Gasteiger partial charge is 0.355 e. The van der Waals surface area contributed by atoms with E-state index in [2.05, 4.69) is 23.8 Å². The molecule has 2 atom stereocenters. The highest BCUT2D eigenvalue weighted by molar-refractivity contribution is 5.92. The van der Waals surface area contributed by atoms with Crippen molar-refractivity contribution in [1.82, 2.24) is 9.97 Å². The van der Waals surface area contributed by atoms with Gasteiger partial charge in [0.1, 0.15) is 5.82 Å². The lowest BCUT2D eigenvalue weighted by Gasteiger charge is -2.36. The van der Waals surface area contributed by atoms with E-state index in [9.17, 15) is 13.2 Å². The average molecular weight is 337 g/mol. The van der Waals surface area contributed by atoms with Crippen molar-refractivity contribution in [2.75, 3.05) is 18.0 Å². The summed E-state index contributed by atoms with van der Waals surface area (Å²) >= 11 is 0. The van der Waals surface area contributed by atoms with Gasteiger partial charge in [-0.2, -0.15) is 13.2 Å². The van der Waals surface area contributed by atoms with Crippen LogP contribution in [0, 0.1) is 25.7 Å². The van der Waals surface area contributed by atoms with Gasteiger partial charge in [0.2, 0.25) is 5.82 Å². The molecule has 0 N–H and O–H groups in total. The highest BCUT2D eigenvalue weighted by atomic mass is 19.4. The van der Waals surface area contributed by atoms with Crippen molar-refractivity contribution in [2.45, 2.75) is 40.3 Å². The highest BCUT2D eigenvalue weighted by Crippen LogP contribution is 2.35. The van der Waals surface area contributed by atoms with E-state index in [-0.39, 0.29) is 0 Å². The zero-order valence-corrected chi connectivity index (χ0v) is 14.4. The van der Waals surface area contributed by atoms with Crippen LogP contribution >= 0.6 is 0 Å². The molecule has 3 nitrogen and oxygen atoms in total. The molecule has 1 aromatic carbocycles. The number of aromatic nitrogens is 2. The number of nitrogens with zero attached hydrogens (tertiary/aromatic N) is 3. The van der Waals surface area contributed by atoms with E-state index in [1.807, 2.05) is 24.0 Å². The Kier molecular flexibility index (Phi) is 4.18. The standard InChI is InChI=1S/C18H22F3N3/c1-10-6-13(4)15-14(7-10)16(23-17(22-15)18(19,20)21)24-8-11(2)5-12(3)9-24/h6-7,11-12H,5,8-9H2,1-4H3/t11-,12-/m0/s1. The second-order valence-corrected chi connectivity index (χ2v) is 7.20. The summed E-state index contributed by atoms with van der Waals surface area (Å²) < 4.78 is 39.9. The van der Waals surface area contributed by atoms with E-state index in [0.717, 1.165) is 30.6 Å². The van der Waals surface area contributed by atoms with Crippen molar-refractivity contribution in [3.63, 3.8) is 0 Å². The number of alkyl halides is 3. The highest BCUT2D eigenvalue weighted by Gasteiger charge is 2.37. The van der Waals surface area contributed by atoms with Crippen molar-refractivity contribution in [1.29, 1.82) is 0 Å². The number of hydrogen-bond acceptors (Lipinski definition) is 3. The third-order valence-corrected chi connectivity index (χ3v) is 4.54. The van der Waals surface area contributed by atoms with Crippen molar-refractivity contribution >= 4 is 16.7 Å². The number of hydrogen-bond donors (Lipinski definition) is 0. The monoisotopic (exact) mass is 337 g/mol. The predicted octanol–water partition coefficient (Wildman–Crippen LogP) is 4.75. The van der Waals surface area contributed by atoms with Crippen LogP contribution in [-0.2, 0) is 6.18 Å². The Balaban J connectivity index is 2.24. The third-order valence-electron chi connectivity index (χ3n) is 4.54. The molecule has 1 saturated heterocycles. The molecule has 1 aliphatic rings. The van der Waals surface area contributed by atoms with Crippen LogP contribution in [0.1, 0.15) is 37.2 Å². The summed E-state index contributed by atoms with van der Waals surface area (Å²) in [6, 6.07) is 3.75. The van der Waals surface area contributed by atoms with Crippen LogP contribution in [0.5, 0.6) is 0 Å². The average Bonchev–Trinajstić information content (AvgIpc) is 2.44. The van der Waals surface area contributed by atoms with Crippen molar-refractivity contribution in [3.05, 3.63) is 29.1 Å². The van der Waals surface area contributed by atoms with Gasteiger partial charge in [0.15, 0.2) is 0 Å². The molecule has 6 heteroatoms. The quantitative estimate of drug-likeness (QED) is 0.752. The fraction of sp³-hybridized carbons (Fsp3) is 0.556. The zero-order valence-electron chi connectivity index (χ0n) is 14.4. The van der Waals surface area contributed by atoms with Gasteiger partial charge in [-0.3, -0.25) is 0 Å². The molecule has 1 aromatic heterocycles. The minimum Gasteiger partial charge on any atom is -0.355 e. The second kappa shape index (κ2) is 5.90. The van der Waals surface area contributed by atoms with Crippen LogP contribution in [0.25, 0.3) is 10.9 Å². The van der Waals surface area contributed by atoms with Crippen LogP contribution in [0.2, 0.25) is 0 Å². The van der Waals surface area contributed by atoms with E-state index in [1.165, 1.54) is 0 Å². The summed E-state index contributed by atoms with van der Waals surface area (Å²) in [5.74, 6) is 0.221. The molecule has 0 spiro atoms. The number of halogens is 3. The summed E-state index contributed by atoms with van der Waals surface area (Å²) in [4.78, 5) is 9.75. The van der Waals surface area contributed by atoms with Crippen molar-refractivity contribution in [2.24, 2.45) is 11.8 Å². The lowest BCUT2D eigenvalue weighted by atomic mass is 9.91. The van der Waals surface area contributed by atoms with Crippen LogP contribution < -0.4 is 4.90 Å². The number of rotatable bonds is 1. The molecule has 2 heterocycles. The second-order valence-electron chi connectivity index (χ2n) is 7.20. The van der Waals surface area contributed by atoms with E-state index in [1.54, 1.807) is 6.92 Å². The van der Waals surface area contributed by atoms with Gasteiger partial charge in [-0.1, -0.05) is 19.9 Å². The fourth-order valence-electron chi connectivity index (χ4n) is 3.77. The SMILES string of the molecule is Cc1cc(C)c2nc(C(F)(F)F)nc(N3C[C@@H](C)C[C@H](C)C3)c2c1. The zero-order chi connectivity index (χ0) is 17.6. The first-order valence-electron chi connectivity index (χ1n) is 8.26. The Bertz CT molecular complexity index is 760. The Labute approximate surface area is 139 Å². The summed E-state index contributed by atoms with van der Waals surface area (Å²) in [6.07, 6.45) is -3.46. The van der Waals surface area contributed by atoms with Gasteiger partial charge in [-0.05, 0) is 49.3 Å². The maximum absolute atomic E-state index is 13.3. The van der Waals surface area contributed by atoms with Gasteiger partial charge in [-0.25, -0.2) is 9.97 Å².